The Balaban J connectivity index is 1.74. The van der Waals surface area contributed by atoms with Gasteiger partial charge in [0.25, 0.3) is 0 Å². The molecule has 1 saturated heterocycles. The van der Waals surface area contributed by atoms with E-state index < -0.39 is 0 Å². The molecule has 0 radical (unpaired) electrons. The van der Waals surface area contributed by atoms with Gasteiger partial charge in [-0.25, -0.2) is 0 Å². The highest BCUT2D eigenvalue weighted by atomic mass is 16.6. The lowest BCUT2D eigenvalue weighted by Crippen LogP contribution is -2.39. The van der Waals surface area contributed by atoms with E-state index in [1.807, 2.05) is 0 Å². The van der Waals surface area contributed by atoms with Crippen LogP contribution in [-0.4, -0.2) is 25.3 Å². The average Bonchev–Trinajstić information content (AvgIpc) is 2.12. The Labute approximate surface area is 78.4 Å². The van der Waals surface area contributed by atoms with Crippen LogP contribution in [0, 0.1) is 5.92 Å². The first-order chi connectivity index (χ1) is 6.36. The lowest BCUT2D eigenvalue weighted by atomic mass is 9.89. The van der Waals surface area contributed by atoms with Gasteiger partial charge in [-0.2, -0.15) is 0 Å². The van der Waals surface area contributed by atoms with Gasteiger partial charge >= 0.3 is 5.97 Å². The minimum absolute atomic E-state index is 0.00741. The second kappa shape index (κ2) is 4.09. The predicted octanol–water partition coefficient (Wildman–Crippen LogP) is 1.51. The van der Waals surface area contributed by atoms with Crippen molar-refractivity contribution in [1.29, 1.82) is 0 Å². The van der Waals surface area contributed by atoms with Crippen molar-refractivity contribution >= 4 is 5.97 Å². The largest absolute Gasteiger partial charge is 0.457 e. The predicted molar refractivity (Wildman–Crippen MR) is 47.3 cm³/mol. The van der Waals surface area contributed by atoms with Crippen LogP contribution in [0.3, 0.4) is 0 Å². The lowest BCUT2D eigenvalue weighted by molar-refractivity contribution is -0.177. The molecule has 0 aromatic carbocycles. The quantitative estimate of drug-likeness (QED) is 0.610. The number of carbonyl (C=O) groups is 1. The molecule has 2 fully saturated rings. The first-order valence-electron chi connectivity index (χ1n) is 5.14. The molecular formula is C10H16O3. The van der Waals surface area contributed by atoms with Crippen LogP contribution in [0.15, 0.2) is 0 Å². The maximum absolute atomic E-state index is 11.5. The van der Waals surface area contributed by atoms with E-state index in [1.165, 1.54) is 19.3 Å². The van der Waals surface area contributed by atoms with Gasteiger partial charge in [-0.1, -0.05) is 19.3 Å². The maximum Gasteiger partial charge on any atom is 0.309 e. The van der Waals surface area contributed by atoms with Crippen molar-refractivity contribution in [2.45, 2.75) is 38.2 Å². The molecule has 0 spiro atoms. The van der Waals surface area contributed by atoms with Gasteiger partial charge in [0, 0.05) is 0 Å². The minimum atomic E-state index is 0.00741. The van der Waals surface area contributed by atoms with E-state index >= 15 is 0 Å². The molecule has 3 heteroatoms. The van der Waals surface area contributed by atoms with Gasteiger partial charge in [0.15, 0.2) is 0 Å². The zero-order valence-electron chi connectivity index (χ0n) is 7.83. The zero-order valence-corrected chi connectivity index (χ0v) is 7.83. The number of ether oxygens (including phenoxy) is 2. The minimum Gasteiger partial charge on any atom is -0.457 e. The average molecular weight is 184 g/mol. The summed E-state index contributed by atoms with van der Waals surface area (Å²) in [4.78, 5) is 11.5. The molecule has 2 rings (SSSR count). The second-order valence-corrected chi connectivity index (χ2v) is 3.93. The Morgan fingerprint density at radius 3 is 2.38 bits per heavy atom. The molecule has 0 amide bonds. The number of rotatable bonds is 2. The third-order valence-corrected chi connectivity index (χ3v) is 2.83. The van der Waals surface area contributed by atoms with Gasteiger partial charge in [-0.3, -0.25) is 4.79 Å². The third kappa shape index (κ3) is 2.21. The number of carbonyl (C=O) groups excluding carboxylic acids is 1. The van der Waals surface area contributed by atoms with Crippen LogP contribution in [0.5, 0.6) is 0 Å². The number of hydrogen-bond acceptors (Lipinski definition) is 3. The fourth-order valence-electron chi connectivity index (χ4n) is 1.88. The highest BCUT2D eigenvalue weighted by Gasteiger charge is 2.28. The molecule has 0 N–H and O–H groups in total. The van der Waals surface area contributed by atoms with Crippen molar-refractivity contribution in [2.24, 2.45) is 5.92 Å². The highest BCUT2D eigenvalue weighted by Crippen LogP contribution is 2.25. The van der Waals surface area contributed by atoms with E-state index in [0.29, 0.717) is 13.2 Å². The van der Waals surface area contributed by atoms with Crippen LogP contribution < -0.4 is 0 Å². The van der Waals surface area contributed by atoms with E-state index in [1.54, 1.807) is 0 Å². The summed E-state index contributed by atoms with van der Waals surface area (Å²) in [5.41, 5.74) is 0. The van der Waals surface area contributed by atoms with Crippen molar-refractivity contribution in [2.75, 3.05) is 13.2 Å². The van der Waals surface area contributed by atoms with Crippen LogP contribution in [0.1, 0.15) is 32.1 Å². The summed E-state index contributed by atoms with van der Waals surface area (Å²) >= 11 is 0. The molecule has 1 heterocycles. The number of hydrogen-bond donors (Lipinski definition) is 0. The molecule has 1 aliphatic carbocycles. The summed E-state index contributed by atoms with van der Waals surface area (Å²) in [7, 11) is 0. The Hall–Kier alpha value is -0.570. The topological polar surface area (TPSA) is 35.5 Å². The van der Waals surface area contributed by atoms with E-state index in [4.69, 9.17) is 9.47 Å². The van der Waals surface area contributed by atoms with E-state index in [9.17, 15) is 4.79 Å². The summed E-state index contributed by atoms with van der Waals surface area (Å²) in [6.07, 6.45) is 5.73. The Kier molecular flexibility index (Phi) is 2.83. The van der Waals surface area contributed by atoms with Crippen LogP contribution in [0.25, 0.3) is 0 Å². The van der Waals surface area contributed by atoms with Gasteiger partial charge < -0.3 is 9.47 Å². The fraction of sp³-hybridized carbons (Fsp3) is 0.900. The SMILES string of the molecule is O=C(OC1COC1)C1CCCCC1. The van der Waals surface area contributed by atoms with Crippen molar-refractivity contribution in [3.05, 3.63) is 0 Å². The van der Waals surface area contributed by atoms with Crippen molar-refractivity contribution < 1.29 is 14.3 Å². The normalized spacial score (nSPS) is 25.2. The van der Waals surface area contributed by atoms with Crippen LogP contribution in [0.2, 0.25) is 0 Å². The summed E-state index contributed by atoms with van der Waals surface area (Å²) in [5.74, 6) is 0.183. The molecule has 0 aromatic heterocycles. The van der Waals surface area contributed by atoms with E-state index in [0.717, 1.165) is 12.8 Å². The van der Waals surface area contributed by atoms with Crippen molar-refractivity contribution in [3.63, 3.8) is 0 Å². The van der Waals surface area contributed by atoms with Crippen LogP contribution >= 0.6 is 0 Å². The summed E-state index contributed by atoms with van der Waals surface area (Å²) in [5, 5.41) is 0. The molecule has 0 unspecified atom stereocenters. The smallest absolute Gasteiger partial charge is 0.309 e. The molecule has 0 aromatic rings. The molecule has 2 aliphatic rings. The lowest BCUT2D eigenvalue weighted by Gasteiger charge is -2.28. The van der Waals surface area contributed by atoms with Gasteiger partial charge in [0.2, 0.25) is 0 Å². The first kappa shape index (κ1) is 9.00. The molecule has 3 nitrogen and oxygen atoms in total. The van der Waals surface area contributed by atoms with Crippen molar-refractivity contribution in [1.82, 2.24) is 0 Å². The molecule has 74 valence electrons. The third-order valence-electron chi connectivity index (χ3n) is 2.83. The first-order valence-corrected chi connectivity index (χ1v) is 5.14. The molecule has 0 bridgehead atoms. The monoisotopic (exact) mass is 184 g/mol. The Morgan fingerprint density at radius 1 is 1.15 bits per heavy atom. The van der Waals surface area contributed by atoms with Gasteiger partial charge in [-0.05, 0) is 12.8 Å². The Morgan fingerprint density at radius 2 is 1.85 bits per heavy atom. The highest BCUT2D eigenvalue weighted by molar-refractivity contribution is 5.72. The molecule has 1 saturated carbocycles. The van der Waals surface area contributed by atoms with Gasteiger partial charge in [-0.15, -0.1) is 0 Å². The second-order valence-electron chi connectivity index (χ2n) is 3.93. The maximum atomic E-state index is 11.5. The molecular weight excluding hydrogens is 168 g/mol. The summed E-state index contributed by atoms with van der Waals surface area (Å²) in [6.45, 7) is 1.19. The fourth-order valence-corrected chi connectivity index (χ4v) is 1.88. The van der Waals surface area contributed by atoms with E-state index in [2.05, 4.69) is 0 Å². The molecule has 13 heavy (non-hydrogen) atoms. The van der Waals surface area contributed by atoms with Crippen molar-refractivity contribution in [3.8, 4) is 0 Å². The summed E-state index contributed by atoms with van der Waals surface area (Å²) in [6, 6.07) is 0. The standard InChI is InChI=1S/C10H16O3/c11-10(13-9-6-12-7-9)8-4-2-1-3-5-8/h8-9H,1-7H2. The Bertz CT molecular complexity index is 181. The van der Waals surface area contributed by atoms with Gasteiger partial charge in [0.1, 0.15) is 6.10 Å². The van der Waals surface area contributed by atoms with E-state index in [-0.39, 0.29) is 18.0 Å². The van der Waals surface area contributed by atoms with Crippen LogP contribution in [-0.2, 0) is 14.3 Å². The van der Waals surface area contributed by atoms with Crippen LogP contribution in [0.4, 0.5) is 0 Å². The molecule has 1 aliphatic heterocycles. The van der Waals surface area contributed by atoms with Gasteiger partial charge in [0.05, 0.1) is 19.1 Å². The number of esters is 1. The molecule has 0 atom stereocenters. The zero-order chi connectivity index (χ0) is 9.10. The summed E-state index contributed by atoms with van der Waals surface area (Å²) < 4.78 is 10.2.